The zero-order chi connectivity index (χ0) is 17.1. The monoisotopic (exact) mass is 322 g/mol. The molecule has 2 aliphatic carbocycles. The average molecular weight is 322 g/mol. The van der Waals surface area contributed by atoms with Crippen LogP contribution in [0.2, 0.25) is 0 Å². The molecule has 8 atom stereocenters. The lowest BCUT2D eigenvalue weighted by molar-refractivity contribution is -0.147. The second-order valence-corrected chi connectivity index (χ2v) is 7.14. The predicted molar refractivity (Wildman–Crippen MR) is 79.3 cm³/mol. The largest absolute Gasteiger partial charge is 0.456 e. The van der Waals surface area contributed by atoms with E-state index in [-0.39, 0.29) is 35.7 Å². The lowest BCUT2D eigenvalue weighted by atomic mass is 9.63. The number of rotatable bonds is 2. The highest BCUT2D eigenvalue weighted by Crippen LogP contribution is 2.58. The van der Waals surface area contributed by atoms with E-state index >= 15 is 0 Å². The molecule has 1 saturated heterocycles. The molecule has 1 aliphatic heterocycles. The zero-order valence-electron chi connectivity index (χ0n) is 13.5. The van der Waals surface area contributed by atoms with Gasteiger partial charge in [-0.1, -0.05) is 20.4 Å². The van der Waals surface area contributed by atoms with Crippen molar-refractivity contribution in [3.8, 4) is 0 Å². The number of Topliss-reactive ketones (excluding diaryl/α,β-unsaturated/α-hetero) is 1. The molecule has 126 valence electrons. The minimum Gasteiger partial charge on any atom is -0.456 e. The fourth-order valence-electron chi connectivity index (χ4n) is 5.05. The SMILES string of the molecule is C=C1C(=O)O[C@@H]2[C@H](O)[C@@H](C)[C@@H]3[C@@H](OC)CC(=O)[C@@]3(C)[C@@H](C=O)[C@H]12. The van der Waals surface area contributed by atoms with Crippen LogP contribution in [0.3, 0.4) is 0 Å². The quantitative estimate of drug-likeness (QED) is 0.453. The number of hydrogen-bond donors (Lipinski definition) is 1. The van der Waals surface area contributed by atoms with Crippen molar-refractivity contribution in [3.63, 3.8) is 0 Å². The van der Waals surface area contributed by atoms with Gasteiger partial charge in [-0.2, -0.15) is 0 Å². The van der Waals surface area contributed by atoms with Crippen LogP contribution < -0.4 is 0 Å². The van der Waals surface area contributed by atoms with Crippen LogP contribution in [0.4, 0.5) is 0 Å². The molecule has 0 aromatic heterocycles. The second kappa shape index (κ2) is 5.24. The Bertz CT molecular complexity index is 584. The molecule has 2 saturated carbocycles. The van der Waals surface area contributed by atoms with Gasteiger partial charge < -0.3 is 19.4 Å². The first-order valence-corrected chi connectivity index (χ1v) is 7.88. The highest BCUT2D eigenvalue weighted by atomic mass is 16.6. The van der Waals surface area contributed by atoms with E-state index in [9.17, 15) is 19.5 Å². The third-order valence-corrected chi connectivity index (χ3v) is 6.31. The molecule has 0 amide bonds. The first-order chi connectivity index (χ1) is 10.8. The topological polar surface area (TPSA) is 89.9 Å². The van der Waals surface area contributed by atoms with Crippen LogP contribution >= 0.6 is 0 Å². The maximum atomic E-state index is 12.8. The Morgan fingerprint density at radius 3 is 2.65 bits per heavy atom. The van der Waals surface area contributed by atoms with Crippen LogP contribution in [0, 0.1) is 29.1 Å². The fraction of sp³-hybridized carbons (Fsp3) is 0.706. The number of carbonyl (C=O) groups excluding carboxylic acids is 3. The van der Waals surface area contributed by atoms with E-state index < -0.39 is 35.4 Å². The summed E-state index contributed by atoms with van der Waals surface area (Å²) in [5, 5.41) is 10.7. The number of methoxy groups -OCH3 is 1. The van der Waals surface area contributed by atoms with Gasteiger partial charge in [-0.3, -0.25) is 4.79 Å². The number of ether oxygens (including phenoxy) is 2. The molecular weight excluding hydrogens is 300 g/mol. The molecule has 0 bridgehead atoms. The average Bonchev–Trinajstić information content (AvgIpc) is 2.93. The molecule has 0 unspecified atom stereocenters. The minimum absolute atomic E-state index is 0.0710. The van der Waals surface area contributed by atoms with Gasteiger partial charge in [0.05, 0.1) is 12.2 Å². The van der Waals surface area contributed by atoms with Gasteiger partial charge in [-0.05, 0) is 5.92 Å². The molecule has 1 heterocycles. The van der Waals surface area contributed by atoms with E-state index in [0.29, 0.717) is 0 Å². The van der Waals surface area contributed by atoms with E-state index in [2.05, 4.69) is 6.58 Å². The lowest BCUT2D eigenvalue weighted by Crippen LogP contribution is -2.45. The third-order valence-electron chi connectivity index (χ3n) is 6.31. The number of fused-ring (bicyclic) bond motifs is 2. The molecule has 23 heavy (non-hydrogen) atoms. The van der Waals surface area contributed by atoms with Crippen molar-refractivity contribution in [1.29, 1.82) is 0 Å². The van der Waals surface area contributed by atoms with Crippen molar-refractivity contribution >= 4 is 18.0 Å². The number of hydrogen-bond acceptors (Lipinski definition) is 6. The van der Waals surface area contributed by atoms with Crippen molar-refractivity contribution in [1.82, 2.24) is 0 Å². The number of aldehydes is 1. The zero-order valence-corrected chi connectivity index (χ0v) is 13.5. The first kappa shape index (κ1) is 16.3. The summed E-state index contributed by atoms with van der Waals surface area (Å²) in [5.74, 6) is -2.78. The van der Waals surface area contributed by atoms with E-state index in [1.54, 1.807) is 6.92 Å². The molecule has 6 heteroatoms. The van der Waals surface area contributed by atoms with Crippen molar-refractivity contribution < 1.29 is 29.0 Å². The standard InChI is InChI=1S/C17H22O6/c1-7-12-9(6-18)17(3)11(19)5-10(22-4)13(17)8(2)14(20)15(12)23-16(7)21/h6,8-10,12-15,20H,1,5H2,2-4H3/t8-,9-,10-,12-,13+,14+,15-,17+/m0/s1. The summed E-state index contributed by atoms with van der Waals surface area (Å²) in [4.78, 5) is 36.6. The molecule has 1 N–H and O–H groups in total. The summed E-state index contributed by atoms with van der Waals surface area (Å²) in [7, 11) is 1.53. The summed E-state index contributed by atoms with van der Waals surface area (Å²) in [5.41, 5.74) is -0.840. The number of ketones is 1. The smallest absolute Gasteiger partial charge is 0.334 e. The Morgan fingerprint density at radius 1 is 1.43 bits per heavy atom. The molecule has 6 nitrogen and oxygen atoms in total. The van der Waals surface area contributed by atoms with Crippen molar-refractivity contribution in [2.75, 3.05) is 7.11 Å². The van der Waals surface area contributed by atoms with Gasteiger partial charge in [-0.15, -0.1) is 0 Å². The number of aliphatic hydroxyl groups is 1. The first-order valence-electron chi connectivity index (χ1n) is 7.88. The lowest BCUT2D eigenvalue weighted by Gasteiger charge is -2.39. The number of aliphatic hydroxyl groups excluding tert-OH is 1. The maximum absolute atomic E-state index is 12.8. The molecule has 3 fully saturated rings. The van der Waals surface area contributed by atoms with E-state index in [1.165, 1.54) is 7.11 Å². The van der Waals surface area contributed by atoms with E-state index in [4.69, 9.17) is 9.47 Å². The van der Waals surface area contributed by atoms with Crippen molar-refractivity contribution in [2.24, 2.45) is 29.1 Å². The predicted octanol–water partition coefficient (Wildman–Crippen LogP) is 0.520. The Labute approximate surface area is 134 Å². The van der Waals surface area contributed by atoms with Crippen LogP contribution in [0.1, 0.15) is 20.3 Å². The third kappa shape index (κ3) is 1.91. The molecule has 3 rings (SSSR count). The Morgan fingerprint density at radius 2 is 2.09 bits per heavy atom. The van der Waals surface area contributed by atoms with Crippen LogP contribution in [-0.4, -0.2) is 48.6 Å². The van der Waals surface area contributed by atoms with E-state index in [1.807, 2.05) is 6.92 Å². The van der Waals surface area contributed by atoms with Crippen molar-refractivity contribution in [3.05, 3.63) is 12.2 Å². The fourth-order valence-corrected chi connectivity index (χ4v) is 5.05. The summed E-state index contributed by atoms with van der Waals surface area (Å²) >= 11 is 0. The van der Waals surface area contributed by atoms with Gasteiger partial charge in [-0.25, -0.2) is 4.79 Å². The summed E-state index contributed by atoms with van der Waals surface area (Å²) in [6.45, 7) is 7.31. The number of carbonyl (C=O) groups is 3. The normalized spacial score (nSPS) is 49.4. The van der Waals surface area contributed by atoms with Gasteiger partial charge in [0.1, 0.15) is 18.2 Å². The Kier molecular flexibility index (Phi) is 3.72. The highest BCUT2D eigenvalue weighted by molar-refractivity contribution is 5.95. The Balaban J connectivity index is 2.18. The summed E-state index contributed by atoms with van der Waals surface area (Å²) in [6.07, 6.45) is -1.24. The van der Waals surface area contributed by atoms with Crippen molar-refractivity contribution in [2.45, 2.75) is 38.6 Å². The van der Waals surface area contributed by atoms with Crippen LogP contribution in [0.25, 0.3) is 0 Å². The minimum atomic E-state index is -1.00. The van der Waals surface area contributed by atoms with E-state index in [0.717, 1.165) is 6.29 Å². The molecule has 0 aromatic rings. The highest BCUT2D eigenvalue weighted by Gasteiger charge is 2.66. The molecule has 3 aliphatic rings. The maximum Gasteiger partial charge on any atom is 0.334 e. The van der Waals surface area contributed by atoms with Gasteiger partial charge in [0, 0.05) is 42.3 Å². The molecule has 0 radical (unpaired) electrons. The second-order valence-electron chi connectivity index (χ2n) is 7.14. The Hall–Kier alpha value is -1.53. The van der Waals surface area contributed by atoms with Crippen LogP contribution in [0.15, 0.2) is 12.2 Å². The molecule has 0 aromatic carbocycles. The molecular formula is C17H22O6. The van der Waals surface area contributed by atoms with Crippen LogP contribution in [-0.2, 0) is 23.9 Å². The van der Waals surface area contributed by atoms with Crippen LogP contribution in [0.5, 0.6) is 0 Å². The summed E-state index contributed by atoms with van der Waals surface area (Å²) < 4.78 is 10.8. The van der Waals surface area contributed by atoms with Gasteiger partial charge in [0.25, 0.3) is 0 Å². The summed E-state index contributed by atoms with van der Waals surface area (Å²) in [6, 6.07) is 0. The number of esters is 1. The van der Waals surface area contributed by atoms with Gasteiger partial charge >= 0.3 is 5.97 Å². The molecule has 0 spiro atoms. The van der Waals surface area contributed by atoms with Gasteiger partial charge in [0.15, 0.2) is 0 Å². The van der Waals surface area contributed by atoms with Gasteiger partial charge in [0.2, 0.25) is 0 Å².